The summed E-state index contributed by atoms with van der Waals surface area (Å²) in [7, 11) is -4.98. The van der Waals surface area contributed by atoms with Crippen molar-refractivity contribution in [2.75, 3.05) is 0 Å². The standard InChI is InChI=1S/C7H11NO8S.2Na.2H/c1-3(8)6(11)16-7(12)4(2-5(9)10)17(13,14)15;;;;/h3-4H,2,8H2,1H3,(H,9,10)(H,13,14,15);;;;/t3-,4?;;;;/m0..../s1. The van der Waals surface area contributed by atoms with E-state index in [4.69, 9.17) is 15.4 Å². The summed E-state index contributed by atoms with van der Waals surface area (Å²) in [6.45, 7) is 1.18. The Morgan fingerprint density at radius 2 is 1.63 bits per heavy atom. The number of carboxylic acids is 1. The van der Waals surface area contributed by atoms with Crippen molar-refractivity contribution in [3.05, 3.63) is 0 Å². The van der Waals surface area contributed by atoms with Gasteiger partial charge in [-0.05, 0) is 6.92 Å². The van der Waals surface area contributed by atoms with E-state index >= 15 is 0 Å². The van der Waals surface area contributed by atoms with Crippen molar-refractivity contribution in [2.24, 2.45) is 5.73 Å². The molecule has 0 aliphatic heterocycles. The number of esters is 2. The Bertz CT molecular complexity index is 434. The summed E-state index contributed by atoms with van der Waals surface area (Å²) in [5.41, 5.74) is 5.04. The van der Waals surface area contributed by atoms with Gasteiger partial charge in [-0.2, -0.15) is 8.42 Å². The van der Waals surface area contributed by atoms with Gasteiger partial charge in [-0.1, -0.05) is 0 Å². The minimum absolute atomic E-state index is 0. The maximum absolute atomic E-state index is 11.1. The molecule has 19 heavy (non-hydrogen) atoms. The van der Waals surface area contributed by atoms with Crippen LogP contribution in [0.4, 0.5) is 0 Å². The van der Waals surface area contributed by atoms with Crippen molar-refractivity contribution in [2.45, 2.75) is 24.6 Å². The Hall–Kier alpha value is 0.480. The third-order valence-corrected chi connectivity index (χ3v) is 2.63. The molecule has 12 heteroatoms. The number of hydrogen-bond acceptors (Lipinski definition) is 7. The summed E-state index contributed by atoms with van der Waals surface area (Å²) in [4.78, 5) is 32.3. The van der Waals surface area contributed by atoms with Gasteiger partial charge in [0.15, 0.2) is 5.25 Å². The molecule has 0 fully saturated rings. The molecule has 0 bridgehead atoms. The van der Waals surface area contributed by atoms with Crippen LogP contribution in [0, 0.1) is 0 Å². The molecule has 0 radical (unpaired) electrons. The van der Waals surface area contributed by atoms with Crippen molar-refractivity contribution in [1.82, 2.24) is 0 Å². The van der Waals surface area contributed by atoms with Gasteiger partial charge in [-0.25, -0.2) is 4.79 Å². The van der Waals surface area contributed by atoms with Gasteiger partial charge in [-0.3, -0.25) is 14.1 Å². The third kappa shape index (κ3) is 9.93. The van der Waals surface area contributed by atoms with E-state index in [1.165, 1.54) is 6.92 Å². The van der Waals surface area contributed by atoms with E-state index in [0.717, 1.165) is 0 Å². The molecule has 0 aromatic rings. The number of rotatable bonds is 5. The van der Waals surface area contributed by atoms with Crippen LogP contribution in [0.1, 0.15) is 13.3 Å². The number of ether oxygens (including phenoxy) is 1. The summed E-state index contributed by atoms with van der Waals surface area (Å²) in [6.07, 6.45) is -1.22. The number of carbonyl (C=O) groups excluding carboxylic acids is 2. The quantitative estimate of drug-likeness (QED) is 0.206. The molecule has 0 saturated heterocycles. The summed E-state index contributed by atoms with van der Waals surface area (Å²) in [5, 5.41) is 5.99. The number of carboxylic acid groups (broad SMARTS) is 1. The topological polar surface area (TPSA) is 161 Å². The van der Waals surface area contributed by atoms with Gasteiger partial charge >= 0.3 is 77.0 Å². The van der Waals surface area contributed by atoms with E-state index in [1.54, 1.807) is 0 Å². The fourth-order valence-electron chi connectivity index (χ4n) is 0.727. The second kappa shape index (κ2) is 10.2. The van der Waals surface area contributed by atoms with Crippen LogP contribution in [0.2, 0.25) is 0 Å². The van der Waals surface area contributed by atoms with Crippen LogP contribution in [-0.2, 0) is 29.2 Å². The molecule has 102 valence electrons. The van der Waals surface area contributed by atoms with Crippen LogP contribution in [-0.4, -0.2) is 106 Å². The molecule has 4 N–H and O–H groups in total. The fraction of sp³-hybridized carbons (Fsp3) is 0.571. The SMILES string of the molecule is C[C@H](N)C(=O)OC(=O)C(CC(=O)O)S(=O)(=O)O.[NaH].[NaH]. The van der Waals surface area contributed by atoms with Gasteiger partial charge in [0.1, 0.15) is 6.04 Å². The molecule has 0 spiro atoms. The molecule has 0 rings (SSSR count). The zero-order valence-corrected chi connectivity index (χ0v) is 9.51. The minimum atomic E-state index is -4.98. The van der Waals surface area contributed by atoms with Crippen LogP contribution in [0.5, 0.6) is 0 Å². The molecule has 0 amide bonds. The molecular formula is C7H13NNa2O8S. The van der Waals surface area contributed by atoms with E-state index in [-0.39, 0.29) is 59.1 Å². The molecule has 0 aromatic heterocycles. The van der Waals surface area contributed by atoms with Gasteiger partial charge in [-0.15, -0.1) is 0 Å². The van der Waals surface area contributed by atoms with Crippen LogP contribution in [0.15, 0.2) is 0 Å². The van der Waals surface area contributed by atoms with Gasteiger partial charge in [0.05, 0.1) is 6.42 Å². The van der Waals surface area contributed by atoms with E-state index in [9.17, 15) is 22.8 Å². The normalized spacial score (nSPS) is 13.2. The Morgan fingerprint density at radius 3 is 1.89 bits per heavy atom. The first-order valence-corrected chi connectivity index (χ1v) is 5.75. The Balaban J connectivity index is -0.00000128. The van der Waals surface area contributed by atoms with Gasteiger partial charge < -0.3 is 15.6 Å². The molecular weight excluding hydrogens is 304 g/mol. The molecule has 0 aliphatic rings. The van der Waals surface area contributed by atoms with Crippen molar-refractivity contribution in [1.29, 1.82) is 0 Å². The van der Waals surface area contributed by atoms with Crippen molar-refractivity contribution in [3.8, 4) is 0 Å². The van der Waals surface area contributed by atoms with Crippen LogP contribution < -0.4 is 5.73 Å². The van der Waals surface area contributed by atoms with E-state index in [2.05, 4.69) is 4.74 Å². The molecule has 0 heterocycles. The molecule has 9 nitrogen and oxygen atoms in total. The molecule has 1 unspecified atom stereocenters. The van der Waals surface area contributed by atoms with E-state index in [0.29, 0.717) is 0 Å². The number of nitrogens with two attached hydrogens (primary N) is 1. The monoisotopic (exact) mass is 317 g/mol. The molecule has 0 saturated carbocycles. The second-order valence-corrected chi connectivity index (χ2v) is 4.73. The number of hydrogen-bond donors (Lipinski definition) is 3. The first-order chi connectivity index (χ1) is 7.55. The Kier molecular flexibility index (Phi) is 13.2. The predicted octanol–water partition coefficient (Wildman–Crippen LogP) is -3.16. The zero-order chi connectivity index (χ0) is 13.8. The van der Waals surface area contributed by atoms with Crippen molar-refractivity contribution in [3.63, 3.8) is 0 Å². The van der Waals surface area contributed by atoms with Gasteiger partial charge in [0, 0.05) is 0 Å². The third-order valence-electron chi connectivity index (χ3n) is 1.56. The molecule has 2 atom stereocenters. The second-order valence-electron chi connectivity index (χ2n) is 3.13. The number of carbonyl (C=O) groups is 3. The van der Waals surface area contributed by atoms with Crippen LogP contribution >= 0.6 is 0 Å². The Labute approximate surface area is 153 Å². The fourth-order valence-corrected chi connectivity index (χ4v) is 1.37. The first kappa shape index (κ1) is 24.5. The maximum atomic E-state index is 11.1. The van der Waals surface area contributed by atoms with E-state index in [1.807, 2.05) is 0 Å². The summed E-state index contributed by atoms with van der Waals surface area (Å²) in [5.74, 6) is -4.57. The summed E-state index contributed by atoms with van der Waals surface area (Å²) >= 11 is 0. The van der Waals surface area contributed by atoms with Crippen LogP contribution in [0.25, 0.3) is 0 Å². The molecule has 0 aliphatic carbocycles. The zero-order valence-electron chi connectivity index (χ0n) is 8.69. The first-order valence-electron chi connectivity index (χ1n) is 4.25. The summed E-state index contributed by atoms with van der Waals surface area (Å²) in [6, 6.07) is -1.19. The van der Waals surface area contributed by atoms with Gasteiger partial charge in [0.2, 0.25) is 0 Å². The van der Waals surface area contributed by atoms with Gasteiger partial charge in [0.25, 0.3) is 10.1 Å². The van der Waals surface area contributed by atoms with Crippen LogP contribution in [0.3, 0.4) is 0 Å². The van der Waals surface area contributed by atoms with Crippen molar-refractivity contribution >= 4 is 87.1 Å². The summed E-state index contributed by atoms with van der Waals surface area (Å²) < 4.78 is 34.0. The van der Waals surface area contributed by atoms with E-state index < -0.39 is 45.7 Å². The Morgan fingerprint density at radius 1 is 1.21 bits per heavy atom. The molecule has 0 aromatic carbocycles. The van der Waals surface area contributed by atoms with Crippen molar-refractivity contribution < 1.29 is 37.2 Å². The average molecular weight is 317 g/mol. The number of aliphatic carboxylic acids is 1. The average Bonchev–Trinajstić information content (AvgIpc) is 2.11. The predicted molar refractivity (Wildman–Crippen MR) is 66.6 cm³/mol.